The maximum atomic E-state index is 6.68. The summed E-state index contributed by atoms with van der Waals surface area (Å²) in [5, 5.41) is 7.00. The van der Waals surface area contributed by atoms with Gasteiger partial charge >= 0.3 is 0 Å². The second-order valence-electron chi connectivity index (χ2n) is 18.8. The molecule has 0 unspecified atom stereocenters. The van der Waals surface area contributed by atoms with E-state index < -0.39 is 0 Å². The number of para-hydroxylation sites is 7. The quantitative estimate of drug-likeness (QED) is 0.142. The average Bonchev–Trinajstić information content (AvgIpc) is 4.21. The Morgan fingerprint density at radius 3 is 1.52 bits per heavy atom. The number of hydrogen-bond donors (Lipinski definition) is 0. The summed E-state index contributed by atoms with van der Waals surface area (Å²) in [6, 6.07) is 82.0. The van der Waals surface area contributed by atoms with E-state index in [1.54, 1.807) is 6.20 Å². The van der Waals surface area contributed by atoms with Crippen LogP contribution in [0, 0.1) is 25.7 Å². The first-order valence-electron chi connectivity index (χ1n) is 24.8. The zero-order valence-corrected chi connectivity index (χ0v) is 42.6. The number of ether oxygens (including phenoxy) is 1. The van der Waals surface area contributed by atoms with Crippen LogP contribution in [0.1, 0.15) is 5.56 Å². The first-order chi connectivity index (χ1) is 36.6. The van der Waals surface area contributed by atoms with E-state index in [2.05, 4.69) is 242 Å². The van der Waals surface area contributed by atoms with Crippen LogP contribution in [0.25, 0.3) is 93.7 Å². The average molecular weight is 1140 g/mol. The van der Waals surface area contributed by atoms with Crippen molar-refractivity contribution in [3.8, 4) is 39.8 Å². The van der Waals surface area contributed by atoms with Crippen LogP contribution in [-0.2, 0) is 21.1 Å². The minimum atomic E-state index is 0. The summed E-state index contributed by atoms with van der Waals surface area (Å²) in [6.07, 6.45) is 5.73. The molecule has 0 fully saturated rings. The number of benzene rings is 9. The molecule has 6 heterocycles. The molecule has 1 aliphatic heterocycles. The van der Waals surface area contributed by atoms with Crippen molar-refractivity contribution in [1.29, 1.82) is 0 Å². The monoisotopic (exact) mass is 1140 g/mol. The van der Waals surface area contributed by atoms with Gasteiger partial charge in [0.15, 0.2) is 0 Å². The van der Waals surface area contributed by atoms with Crippen molar-refractivity contribution >= 4 is 88.2 Å². The van der Waals surface area contributed by atoms with E-state index in [1.165, 1.54) is 21.5 Å². The van der Waals surface area contributed by atoms with Crippen molar-refractivity contribution in [3.05, 3.63) is 255 Å². The molecule has 5 aromatic heterocycles. The molecule has 0 amide bonds. The first kappa shape index (κ1) is 44.5. The molecule has 0 radical (unpaired) electrons. The van der Waals surface area contributed by atoms with Crippen LogP contribution in [-0.4, -0.2) is 23.7 Å². The van der Waals surface area contributed by atoms with E-state index in [-0.39, 0.29) is 21.1 Å². The SMILES string of the molecule is Cc1cc(-n2c3[c-]c(Oc4[c-]c(N5[CH-]N(c6cccnc6)c6ccccc65)ccc4)ccc3c3ccccc32)ncc1-c1c(-n2c3ccccc3c3ccccc32)cccc1-n1c2ccccc2c2ccccc21.[Pt]. The van der Waals surface area contributed by atoms with Gasteiger partial charge in [-0.1, -0.05) is 115 Å². The summed E-state index contributed by atoms with van der Waals surface area (Å²) in [6.45, 7) is 4.28. The fourth-order valence-corrected chi connectivity index (χ4v) is 11.4. The molecular formula is C66H42N7OPt-3. The molecule has 0 aliphatic carbocycles. The molecule has 0 N–H and O–H groups in total. The zero-order chi connectivity index (χ0) is 48.9. The molecule has 14 aromatic rings. The number of aryl methyl sites for hydroxylation is 1. The van der Waals surface area contributed by atoms with Gasteiger partial charge in [0.2, 0.25) is 0 Å². The van der Waals surface area contributed by atoms with Gasteiger partial charge in [-0.25, -0.2) is 4.98 Å². The zero-order valence-electron chi connectivity index (χ0n) is 40.4. The first-order valence-corrected chi connectivity index (χ1v) is 24.8. The van der Waals surface area contributed by atoms with E-state index in [4.69, 9.17) is 9.72 Å². The van der Waals surface area contributed by atoms with Gasteiger partial charge < -0.3 is 28.2 Å². The van der Waals surface area contributed by atoms with Gasteiger partial charge in [0.1, 0.15) is 5.82 Å². The fourth-order valence-electron chi connectivity index (χ4n) is 11.4. The molecule has 8 nitrogen and oxygen atoms in total. The number of hydrogen-bond acceptors (Lipinski definition) is 5. The molecule has 1 aliphatic rings. The van der Waals surface area contributed by atoms with Gasteiger partial charge in [-0.15, -0.1) is 48.1 Å². The predicted molar refractivity (Wildman–Crippen MR) is 301 cm³/mol. The molecule has 360 valence electrons. The van der Waals surface area contributed by atoms with Crippen LogP contribution in [0.4, 0.5) is 22.7 Å². The van der Waals surface area contributed by atoms with Crippen molar-refractivity contribution in [2.24, 2.45) is 0 Å². The number of rotatable bonds is 8. The Morgan fingerprint density at radius 1 is 0.440 bits per heavy atom. The maximum Gasteiger partial charge on any atom is 0.135 e. The van der Waals surface area contributed by atoms with Crippen molar-refractivity contribution in [3.63, 3.8) is 0 Å². The van der Waals surface area contributed by atoms with Crippen LogP contribution in [0.5, 0.6) is 11.5 Å². The third-order valence-electron chi connectivity index (χ3n) is 14.6. The Hall–Kier alpha value is -9.23. The van der Waals surface area contributed by atoms with Crippen LogP contribution >= 0.6 is 0 Å². The Kier molecular flexibility index (Phi) is 10.5. The molecule has 75 heavy (non-hydrogen) atoms. The van der Waals surface area contributed by atoms with Crippen molar-refractivity contribution in [2.45, 2.75) is 6.92 Å². The van der Waals surface area contributed by atoms with Gasteiger partial charge in [-0.2, -0.15) is 12.1 Å². The van der Waals surface area contributed by atoms with Gasteiger partial charge in [-0.3, -0.25) is 4.98 Å². The number of aromatic nitrogens is 5. The molecule has 9 aromatic carbocycles. The smallest absolute Gasteiger partial charge is 0.135 e. The summed E-state index contributed by atoms with van der Waals surface area (Å²) < 4.78 is 13.8. The van der Waals surface area contributed by atoms with Crippen molar-refractivity contribution in [2.75, 3.05) is 9.80 Å². The normalized spacial score (nSPS) is 12.4. The Labute approximate surface area is 446 Å². The molecule has 0 spiro atoms. The summed E-state index contributed by atoms with van der Waals surface area (Å²) in [4.78, 5) is 14.1. The second-order valence-corrected chi connectivity index (χ2v) is 18.8. The molecule has 0 bridgehead atoms. The Bertz CT molecular complexity index is 4320. The second kappa shape index (κ2) is 17.8. The van der Waals surface area contributed by atoms with E-state index >= 15 is 0 Å². The molecule has 0 saturated carbocycles. The molecular weight excluding hydrogens is 1100 g/mol. The largest absolute Gasteiger partial charge is 0.509 e. The van der Waals surface area contributed by atoms with Gasteiger partial charge in [0, 0.05) is 106 Å². The number of nitrogens with zero attached hydrogens (tertiary/aromatic N) is 7. The minimum Gasteiger partial charge on any atom is -0.509 e. The third kappa shape index (κ3) is 7.01. The summed E-state index contributed by atoms with van der Waals surface area (Å²) in [7, 11) is 0. The molecule has 0 saturated heterocycles. The van der Waals surface area contributed by atoms with Gasteiger partial charge in [0.25, 0.3) is 0 Å². The van der Waals surface area contributed by atoms with Crippen molar-refractivity contribution < 1.29 is 25.8 Å². The van der Waals surface area contributed by atoms with E-state index in [0.29, 0.717) is 11.5 Å². The number of fused-ring (bicyclic) bond motifs is 10. The standard InChI is InChI=1S/C66H42N7O.Pt/c1-43-37-65(73-59-29-11-6-24-52(59)53-35-34-47(39-64(53)73)74-46-19-14-17-44(38-46)69-42-70(45-18-16-36-67-40-45)61-31-13-12-30-60(61)69)68-41-54(43)66-62(71-55-25-7-2-20-48(55)49-21-3-8-26-56(49)71)32-15-33-63(66)72-57-27-9-4-22-50(57)51-23-5-10-28-58(51)72;/h2-37,40-42H,1H3;/q-3;. The molecule has 9 heteroatoms. The topological polar surface area (TPSA) is 56.3 Å². The van der Waals surface area contributed by atoms with Gasteiger partial charge in [-0.05, 0) is 90.7 Å². The molecule has 15 rings (SSSR count). The van der Waals surface area contributed by atoms with Crippen LogP contribution in [0.2, 0.25) is 0 Å². The van der Waals surface area contributed by atoms with E-state index in [9.17, 15) is 0 Å². The molecule has 0 atom stereocenters. The summed E-state index contributed by atoms with van der Waals surface area (Å²) >= 11 is 0. The Balaban J connectivity index is 0.00000516. The van der Waals surface area contributed by atoms with E-state index in [0.717, 1.165) is 101 Å². The van der Waals surface area contributed by atoms with Crippen LogP contribution < -0.4 is 14.5 Å². The fraction of sp³-hybridized carbons (Fsp3) is 0.0152. The number of pyridine rings is 2. The van der Waals surface area contributed by atoms with Gasteiger partial charge in [0.05, 0.1) is 33.4 Å². The van der Waals surface area contributed by atoms with Crippen LogP contribution in [0.15, 0.2) is 231 Å². The third-order valence-corrected chi connectivity index (χ3v) is 14.6. The number of anilines is 4. The van der Waals surface area contributed by atoms with Crippen molar-refractivity contribution in [1.82, 2.24) is 23.7 Å². The van der Waals surface area contributed by atoms with Crippen LogP contribution in [0.3, 0.4) is 0 Å². The summed E-state index contributed by atoms with van der Waals surface area (Å²) in [5.74, 6) is 1.93. The summed E-state index contributed by atoms with van der Waals surface area (Å²) in [5.41, 5.74) is 15.7. The van der Waals surface area contributed by atoms with E-state index in [1.807, 2.05) is 36.5 Å². The predicted octanol–water partition coefficient (Wildman–Crippen LogP) is 16.5. The maximum absolute atomic E-state index is 6.68. The minimum absolute atomic E-state index is 0. The Morgan fingerprint density at radius 2 is 0.947 bits per heavy atom.